The molecular weight excluding hydrogens is 785 g/mol. The number of Topliss-reactive ketones (excluding diaryl/α,β-unsaturated/α-hetero) is 2. The topological polar surface area (TPSA) is 132 Å². The third-order valence-corrected chi connectivity index (χ3v) is 13.9. The Morgan fingerprint density at radius 1 is 0.823 bits per heavy atom. The summed E-state index contributed by atoms with van der Waals surface area (Å²) in [5, 5.41) is 3.11. The molecule has 0 aliphatic carbocycles. The summed E-state index contributed by atoms with van der Waals surface area (Å²) in [5.74, 6) is -1.94. The number of ketones is 2. The lowest BCUT2D eigenvalue weighted by Crippen LogP contribution is -2.54. The second-order valence-corrected chi connectivity index (χ2v) is 19.4. The molecule has 2 aliphatic heterocycles. The first-order chi connectivity index (χ1) is 29.2. The van der Waals surface area contributed by atoms with Crippen molar-refractivity contribution in [2.45, 2.75) is 131 Å². The summed E-state index contributed by atoms with van der Waals surface area (Å²) in [6, 6.07) is 7.03. The van der Waals surface area contributed by atoms with Crippen molar-refractivity contribution in [3.8, 4) is 0 Å². The molecule has 3 amide bonds. The summed E-state index contributed by atoms with van der Waals surface area (Å²) in [4.78, 5) is 80.6. The van der Waals surface area contributed by atoms with Crippen molar-refractivity contribution in [1.29, 1.82) is 0 Å². The van der Waals surface area contributed by atoms with Crippen LogP contribution in [0.15, 0.2) is 24.3 Å². The Hall–Kier alpha value is -3.23. The zero-order valence-corrected chi connectivity index (χ0v) is 40.9. The number of ether oxygens (including phenoxy) is 2. The predicted molar refractivity (Wildman–Crippen MR) is 246 cm³/mol. The molecule has 1 aromatic carbocycles. The molecule has 2 saturated heterocycles. The van der Waals surface area contributed by atoms with Gasteiger partial charge in [0.15, 0.2) is 5.78 Å². The van der Waals surface area contributed by atoms with E-state index in [1.165, 1.54) is 0 Å². The molecule has 1 N–H and O–H groups in total. The first-order valence-corrected chi connectivity index (χ1v) is 23.3. The monoisotopic (exact) mass is 869 g/mol. The highest BCUT2D eigenvalue weighted by atomic mass is 16.5. The molecule has 9 atom stereocenters. The lowest BCUT2D eigenvalue weighted by atomic mass is 9.83. The smallest absolute Gasteiger partial charge is 0.226 e. The van der Waals surface area contributed by atoms with E-state index in [0.717, 1.165) is 50.1 Å². The van der Waals surface area contributed by atoms with Crippen LogP contribution >= 0.6 is 0 Å². The number of benzene rings is 1. The van der Waals surface area contributed by atoms with E-state index in [1.54, 1.807) is 26.2 Å². The van der Waals surface area contributed by atoms with Crippen LogP contribution in [0.25, 0.3) is 0 Å². The normalized spacial score (nSPS) is 20.4. The average molecular weight is 869 g/mol. The quantitative estimate of drug-likeness (QED) is 0.141. The molecule has 0 saturated carbocycles. The van der Waals surface area contributed by atoms with E-state index < -0.39 is 36.0 Å². The number of nitrogens with one attached hydrogen (secondary N) is 1. The fourth-order valence-electron chi connectivity index (χ4n) is 9.85. The maximum Gasteiger partial charge on any atom is 0.226 e. The number of hydrogen-bond acceptors (Lipinski definition) is 10. The van der Waals surface area contributed by atoms with E-state index in [1.807, 2.05) is 89.7 Å². The van der Waals surface area contributed by atoms with Crippen molar-refractivity contribution < 1.29 is 33.4 Å². The standard InChI is InChI=1S/C49H84N6O7/c1-15-35(7)46(53(12)49(60)39(32(2)3)28-42(57)45(33(4)5)51(9)10)43(61-13)29-44(58)55-22-16-17-40(55)47(62-14)36(8)41(56)27-38(31-54-25-23-52(11)24-26-54)48(59)50-30-37-20-18-34(6)19-21-37/h18-21,32-33,35-36,38-40,43,45-47H,15-17,22-31H2,1-14H3,(H,50,59)/t35-,36-,38-,39-,40-,43+,45-,46-,47+/m0/s1. The highest BCUT2D eigenvalue weighted by Crippen LogP contribution is 2.32. The Labute approximate surface area is 374 Å². The molecule has 2 heterocycles. The number of nitrogens with zero attached hydrogens (tertiary/aromatic N) is 5. The van der Waals surface area contributed by atoms with E-state index in [4.69, 9.17) is 9.47 Å². The van der Waals surface area contributed by atoms with Crippen LogP contribution in [0.1, 0.15) is 98.1 Å². The van der Waals surface area contributed by atoms with Crippen LogP contribution in [-0.2, 0) is 40.0 Å². The Kier molecular flexibility index (Phi) is 21.7. The van der Waals surface area contributed by atoms with Gasteiger partial charge in [0.25, 0.3) is 0 Å². The van der Waals surface area contributed by atoms with Gasteiger partial charge in [0.2, 0.25) is 17.7 Å². The first kappa shape index (κ1) is 53.1. The highest BCUT2D eigenvalue weighted by molar-refractivity contribution is 5.90. The average Bonchev–Trinajstić information content (AvgIpc) is 3.71. The summed E-state index contributed by atoms with van der Waals surface area (Å²) >= 11 is 0. The zero-order valence-electron chi connectivity index (χ0n) is 40.9. The maximum absolute atomic E-state index is 14.4. The van der Waals surface area contributed by atoms with Gasteiger partial charge >= 0.3 is 0 Å². The summed E-state index contributed by atoms with van der Waals surface area (Å²) in [5.41, 5.74) is 2.15. The van der Waals surface area contributed by atoms with E-state index in [0.29, 0.717) is 26.1 Å². The second-order valence-electron chi connectivity index (χ2n) is 19.4. The van der Waals surface area contributed by atoms with Gasteiger partial charge < -0.3 is 29.5 Å². The number of aryl methyl sites for hydroxylation is 1. The van der Waals surface area contributed by atoms with E-state index in [9.17, 15) is 24.0 Å². The molecule has 3 rings (SSSR count). The number of methoxy groups -OCH3 is 2. The number of likely N-dealkylation sites (N-methyl/N-ethyl adjacent to an activating group) is 3. The van der Waals surface area contributed by atoms with Gasteiger partial charge in [0.1, 0.15) is 5.78 Å². The first-order valence-electron chi connectivity index (χ1n) is 23.3. The van der Waals surface area contributed by atoms with Crippen molar-refractivity contribution in [1.82, 2.24) is 29.8 Å². The van der Waals surface area contributed by atoms with Gasteiger partial charge in [-0.3, -0.25) is 33.8 Å². The minimum absolute atomic E-state index is 0.00188. The Morgan fingerprint density at radius 2 is 1.45 bits per heavy atom. The van der Waals surface area contributed by atoms with Crippen LogP contribution in [0.5, 0.6) is 0 Å². The summed E-state index contributed by atoms with van der Waals surface area (Å²) in [6.07, 6.45) is 1.31. The Morgan fingerprint density at radius 3 is 1.98 bits per heavy atom. The van der Waals surface area contributed by atoms with Crippen molar-refractivity contribution in [2.24, 2.45) is 35.5 Å². The van der Waals surface area contributed by atoms with Crippen LogP contribution in [0, 0.1) is 42.4 Å². The molecule has 13 nitrogen and oxygen atoms in total. The fraction of sp³-hybridized carbons (Fsp3) is 0.776. The van der Waals surface area contributed by atoms with Gasteiger partial charge in [0.05, 0.1) is 42.7 Å². The molecule has 2 fully saturated rings. The molecule has 0 spiro atoms. The van der Waals surface area contributed by atoms with Gasteiger partial charge in [0, 0.05) is 91.8 Å². The number of hydrogen-bond donors (Lipinski definition) is 1. The minimum atomic E-state index is -0.602. The van der Waals surface area contributed by atoms with E-state index >= 15 is 0 Å². The molecule has 0 bridgehead atoms. The summed E-state index contributed by atoms with van der Waals surface area (Å²) in [6.45, 7) is 21.0. The number of rotatable bonds is 25. The summed E-state index contributed by atoms with van der Waals surface area (Å²) in [7, 11) is 10.9. The number of carbonyl (C=O) groups excluding carboxylic acids is 5. The van der Waals surface area contributed by atoms with Crippen molar-refractivity contribution in [3.05, 3.63) is 35.4 Å². The van der Waals surface area contributed by atoms with Crippen molar-refractivity contribution in [2.75, 3.05) is 81.7 Å². The third-order valence-electron chi connectivity index (χ3n) is 13.9. The van der Waals surface area contributed by atoms with Gasteiger partial charge in [-0.2, -0.15) is 0 Å². The van der Waals surface area contributed by atoms with Crippen LogP contribution < -0.4 is 5.32 Å². The predicted octanol–water partition coefficient (Wildman–Crippen LogP) is 5.17. The summed E-state index contributed by atoms with van der Waals surface area (Å²) < 4.78 is 12.2. The molecule has 2 aliphatic rings. The third kappa shape index (κ3) is 14.7. The van der Waals surface area contributed by atoms with Crippen LogP contribution in [-0.4, -0.2) is 166 Å². The van der Waals surface area contributed by atoms with Crippen molar-refractivity contribution >= 4 is 29.3 Å². The van der Waals surface area contributed by atoms with Crippen molar-refractivity contribution in [3.63, 3.8) is 0 Å². The molecule has 352 valence electrons. The molecule has 62 heavy (non-hydrogen) atoms. The SMILES string of the molecule is CC[C@H](C)[C@@H]([C@@H](CC(=O)N1CCC[C@H]1[C@H](OC)[C@@H](C)C(=O)C[C@@H](CN1CCN(C)CC1)C(=O)NCc1ccc(C)cc1)OC)N(C)C(=O)[C@@H](CC(=O)[C@H](C(C)C)N(C)C)C(C)C. The molecule has 1 aromatic rings. The number of piperazine rings is 1. The molecule has 0 radical (unpaired) electrons. The molecular formula is C49H84N6O7. The van der Waals surface area contributed by atoms with E-state index in [-0.39, 0.29) is 78.4 Å². The minimum Gasteiger partial charge on any atom is -0.379 e. The molecule has 13 heteroatoms. The zero-order chi connectivity index (χ0) is 46.4. The molecule has 0 aromatic heterocycles. The van der Waals surface area contributed by atoms with Crippen LogP contribution in [0.3, 0.4) is 0 Å². The lowest BCUT2D eigenvalue weighted by molar-refractivity contribution is -0.149. The van der Waals surface area contributed by atoms with Gasteiger partial charge in [-0.05, 0) is 64.2 Å². The lowest BCUT2D eigenvalue weighted by Gasteiger charge is -2.41. The number of likely N-dealkylation sites (tertiary alicyclic amines) is 1. The van der Waals surface area contributed by atoms with E-state index in [2.05, 4.69) is 36.0 Å². The second kappa shape index (κ2) is 25.3. The van der Waals surface area contributed by atoms with Crippen LogP contribution in [0.4, 0.5) is 0 Å². The maximum atomic E-state index is 14.4. The van der Waals surface area contributed by atoms with Gasteiger partial charge in [-0.25, -0.2) is 0 Å². The van der Waals surface area contributed by atoms with Gasteiger partial charge in [-0.1, -0.05) is 84.7 Å². The van der Waals surface area contributed by atoms with Gasteiger partial charge in [-0.15, -0.1) is 0 Å². The molecule has 0 unspecified atom stereocenters. The Balaban J connectivity index is 1.78. The highest BCUT2D eigenvalue weighted by Gasteiger charge is 2.43. The number of carbonyl (C=O) groups is 5. The van der Waals surface area contributed by atoms with Crippen LogP contribution in [0.2, 0.25) is 0 Å². The fourth-order valence-corrected chi connectivity index (χ4v) is 9.85. The largest absolute Gasteiger partial charge is 0.379 e. The Bertz CT molecular complexity index is 1570. The number of amides is 3.